The van der Waals surface area contributed by atoms with Gasteiger partial charge in [-0.3, -0.25) is 4.79 Å². The quantitative estimate of drug-likeness (QED) is 0.0480. The van der Waals surface area contributed by atoms with Gasteiger partial charge in [-0.25, -0.2) is 0 Å². The maximum Gasteiger partial charge on any atom is 0.311 e. The molecule has 0 aromatic heterocycles. The average molecular weight is 815 g/mol. The molecule has 0 amide bonds. The van der Waals surface area contributed by atoms with Crippen molar-refractivity contribution in [3.63, 3.8) is 0 Å². The van der Waals surface area contributed by atoms with Crippen molar-refractivity contribution < 1.29 is 42.4 Å². The van der Waals surface area contributed by atoms with Gasteiger partial charge in [-0.05, 0) is 105 Å². The average Bonchev–Trinajstić information content (AvgIpc) is 3.15. The van der Waals surface area contributed by atoms with E-state index in [0.717, 1.165) is 40.8 Å². The highest BCUT2D eigenvalue weighted by molar-refractivity contribution is 6.74. The molecule has 316 valence electrons. The van der Waals surface area contributed by atoms with E-state index < -0.39 is 28.2 Å². The Morgan fingerprint density at radius 3 is 1.77 bits per heavy atom. The van der Waals surface area contributed by atoms with Crippen molar-refractivity contribution in [1.29, 1.82) is 0 Å². The van der Waals surface area contributed by atoms with Crippen LogP contribution in [0.15, 0.2) is 48.5 Å². The van der Waals surface area contributed by atoms with Gasteiger partial charge < -0.3 is 37.6 Å². The van der Waals surface area contributed by atoms with Gasteiger partial charge in [0.05, 0.1) is 45.1 Å². The zero-order chi connectivity index (χ0) is 42.0. The summed E-state index contributed by atoms with van der Waals surface area (Å²) in [5, 5.41) is 11.4. The van der Waals surface area contributed by atoms with Crippen LogP contribution < -0.4 is 9.47 Å². The molecule has 0 aliphatic carbocycles. The fourth-order valence-corrected chi connectivity index (χ4v) is 10.1. The first kappa shape index (κ1) is 49.4. The highest BCUT2D eigenvalue weighted by Gasteiger charge is 2.40. The van der Waals surface area contributed by atoms with Gasteiger partial charge in [-0.2, -0.15) is 0 Å². The molecule has 1 unspecified atom stereocenters. The monoisotopic (exact) mass is 814 g/mol. The second kappa shape index (κ2) is 23.6. The lowest BCUT2D eigenvalue weighted by molar-refractivity contribution is -0.155. The van der Waals surface area contributed by atoms with Crippen molar-refractivity contribution >= 4 is 22.6 Å². The molecule has 0 radical (unpaired) electrons. The largest absolute Gasteiger partial charge is 0.497 e. The molecular formula is C45H74O9Si2. The highest BCUT2D eigenvalue weighted by Crippen LogP contribution is 2.38. The number of aliphatic hydroxyl groups excluding tert-OH is 1. The fraction of sp³-hybridized carbons (Fsp3) is 0.667. The lowest BCUT2D eigenvalue weighted by Crippen LogP contribution is -2.45. The van der Waals surface area contributed by atoms with Crippen molar-refractivity contribution in [2.45, 2.75) is 162 Å². The third-order valence-corrected chi connectivity index (χ3v) is 20.1. The van der Waals surface area contributed by atoms with E-state index in [0.29, 0.717) is 45.5 Å². The lowest BCUT2D eigenvalue weighted by atomic mass is 9.97. The van der Waals surface area contributed by atoms with E-state index >= 15 is 0 Å². The minimum atomic E-state index is -2.17. The molecule has 11 heteroatoms. The smallest absolute Gasteiger partial charge is 0.311 e. The van der Waals surface area contributed by atoms with Crippen LogP contribution >= 0.6 is 0 Å². The Balaban J connectivity index is 2.29. The molecule has 0 fully saturated rings. The molecule has 0 bridgehead atoms. The maximum absolute atomic E-state index is 12.7. The van der Waals surface area contributed by atoms with E-state index in [-0.39, 0.29) is 35.9 Å². The number of hydrogen-bond donors (Lipinski definition) is 1. The molecule has 0 saturated heterocycles. The maximum atomic E-state index is 12.7. The van der Waals surface area contributed by atoms with Crippen LogP contribution in [0.1, 0.15) is 99.1 Å². The van der Waals surface area contributed by atoms with Crippen LogP contribution in [0.4, 0.5) is 0 Å². The van der Waals surface area contributed by atoms with Crippen LogP contribution in [-0.4, -0.2) is 79.6 Å². The molecule has 0 aliphatic heterocycles. The van der Waals surface area contributed by atoms with Gasteiger partial charge >= 0.3 is 5.97 Å². The number of hydrogen-bond acceptors (Lipinski definition) is 9. The minimum Gasteiger partial charge on any atom is -0.497 e. The number of aliphatic hydroxyl groups is 1. The number of ether oxygens (including phenoxy) is 5. The number of rotatable bonds is 24. The lowest BCUT2D eigenvalue weighted by Gasteiger charge is -2.40. The van der Waals surface area contributed by atoms with E-state index in [1.54, 1.807) is 14.2 Å². The molecule has 2 aromatic rings. The predicted molar refractivity (Wildman–Crippen MR) is 231 cm³/mol. The van der Waals surface area contributed by atoms with Crippen molar-refractivity contribution in [3.8, 4) is 23.3 Å². The second-order valence-electron chi connectivity index (χ2n) is 17.3. The normalized spacial score (nSPS) is 14.6. The van der Waals surface area contributed by atoms with Gasteiger partial charge in [0.1, 0.15) is 24.2 Å². The van der Waals surface area contributed by atoms with Gasteiger partial charge in [-0.15, -0.1) is 0 Å². The first-order chi connectivity index (χ1) is 26.3. The molecule has 0 aliphatic rings. The fourth-order valence-electron chi connectivity index (χ4n) is 5.88. The van der Waals surface area contributed by atoms with Crippen molar-refractivity contribution in [3.05, 3.63) is 59.7 Å². The Hall–Kier alpha value is -2.70. The third-order valence-electron chi connectivity index (χ3n) is 10.9. The van der Waals surface area contributed by atoms with Crippen LogP contribution in [0.5, 0.6) is 11.5 Å². The Labute approximate surface area is 341 Å². The summed E-state index contributed by atoms with van der Waals surface area (Å²) in [6.07, 6.45) is 0.0831. The Bertz CT molecular complexity index is 1460. The molecule has 56 heavy (non-hydrogen) atoms. The van der Waals surface area contributed by atoms with Crippen LogP contribution in [0.2, 0.25) is 36.3 Å². The molecule has 1 N–H and O–H groups in total. The van der Waals surface area contributed by atoms with Gasteiger partial charge in [-0.1, -0.05) is 77.6 Å². The number of methoxy groups -OCH3 is 2. The Morgan fingerprint density at radius 1 is 0.750 bits per heavy atom. The Kier molecular flexibility index (Phi) is 20.9. The molecule has 0 spiro atoms. The zero-order valence-corrected chi connectivity index (χ0v) is 38.9. The Morgan fingerprint density at radius 2 is 1.29 bits per heavy atom. The van der Waals surface area contributed by atoms with Crippen molar-refractivity contribution in [2.24, 2.45) is 5.41 Å². The van der Waals surface area contributed by atoms with Crippen LogP contribution in [0, 0.1) is 17.3 Å². The molecule has 2 rings (SSSR count). The SMILES string of the molecule is CC[Si](CC)(CC)O[C@H](CC#CC(O)C[C@H](C[C@H](CCOCc1ccc(OC)cc1)O[Si](C)(C)C(C)(C)C)OCc1ccc(OC)cc1)COC(=O)C(C)(C)C. The van der Waals surface area contributed by atoms with Gasteiger partial charge in [0.2, 0.25) is 0 Å². The summed E-state index contributed by atoms with van der Waals surface area (Å²) in [4.78, 5) is 12.7. The zero-order valence-electron chi connectivity index (χ0n) is 36.9. The van der Waals surface area contributed by atoms with E-state index in [9.17, 15) is 9.90 Å². The van der Waals surface area contributed by atoms with E-state index in [1.807, 2.05) is 69.3 Å². The molecule has 0 saturated carbocycles. The van der Waals surface area contributed by atoms with Crippen molar-refractivity contribution in [1.82, 2.24) is 0 Å². The molecule has 4 atom stereocenters. The number of benzene rings is 2. The molecule has 9 nitrogen and oxygen atoms in total. The van der Waals surface area contributed by atoms with Crippen LogP contribution in [-0.2, 0) is 41.1 Å². The van der Waals surface area contributed by atoms with E-state index in [4.69, 9.17) is 32.5 Å². The molecular weight excluding hydrogens is 741 g/mol. The summed E-state index contributed by atoms with van der Waals surface area (Å²) in [7, 11) is -0.882. The van der Waals surface area contributed by atoms with Gasteiger partial charge in [0.25, 0.3) is 0 Å². The first-order valence-electron chi connectivity index (χ1n) is 20.4. The summed E-state index contributed by atoms with van der Waals surface area (Å²) in [5.41, 5.74) is 1.46. The molecule has 2 aromatic carbocycles. The van der Waals surface area contributed by atoms with E-state index in [2.05, 4.69) is 66.5 Å². The van der Waals surface area contributed by atoms with Gasteiger partial charge in [0, 0.05) is 25.6 Å². The van der Waals surface area contributed by atoms with Crippen LogP contribution in [0.3, 0.4) is 0 Å². The summed E-state index contributed by atoms with van der Waals surface area (Å²) in [6, 6.07) is 18.6. The second-order valence-corrected chi connectivity index (χ2v) is 26.8. The number of esters is 1. The minimum absolute atomic E-state index is 0.00717. The summed E-state index contributed by atoms with van der Waals surface area (Å²) in [5.74, 6) is 7.59. The first-order valence-corrected chi connectivity index (χ1v) is 25.9. The number of carbonyl (C=O) groups is 1. The van der Waals surface area contributed by atoms with Crippen LogP contribution in [0.25, 0.3) is 0 Å². The highest BCUT2D eigenvalue weighted by atomic mass is 28.4. The summed E-state index contributed by atoms with van der Waals surface area (Å²) < 4.78 is 42.8. The predicted octanol–water partition coefficient (Wildman–Crippen LogP) is 10.1. The van der Waals surface area contributed by atoms with E-state index in [1.165, 1.54) is 0 Å². The standard InChI is InChI=1S/C45H74O9Si2/c1-14-56(15-2,16-3)54-41(34-52-43(47)44(4,5)6)19-17-18-37(46)30-42(51-33-36-22-26-39(49-11)27-23-36)31-40(53-55(12,13)45(7,8)9)28-29-50-32-35-20-24-38(48-10)25-21-35/h20-27,37,40-42,46H,14-16,19,28-34H2,1-13H3/t37?,40-,41+,42+/m0/s1. The summed E-state index contributed by atoms with van der Waals surface area (Å²) in [6.45, 7) is 24.8. The van der Waals surface area contributed by atoms with Crippen molar-refractivity contribution in [2.75, 3.05) is 27.4 Å². The van der Waals surface area contributed by atoms with Gasteiger partial charge in [0.15, 0.2) is 16.6 Å². The number of carbonyl (C=O) groups excluding carboxylic acids is 1. The topological polar surface area (TPSA) is 102 Å². The third kappa shape index (κ3) is 17.4. The summed E-state index contributed by atoms with van der Waals surface area (Å²) >= 11 is 0. The molecule has 0 heterocycles.